The van der Waals surface area contributed by atoms with E-state index in [4.69, 9.17) is 19.6 Å². The molecule has 5 rings (SSSR count). The van der Waals surface area contributed by atoms with Crippen LogP contribution in [0, 0.1) is 5.41 Å². The van der Waals surface area contributed by atoms with Gasteiger partial charge in [-0.25, -0.2) is 24.9 Å². The predicted octanol–water partition coefficient (Wildman–Crippen LogP) is 4.99. The minimum atomic E-state index is -4.69. The predicted molar refractivity (Wildman–Crippen MR) is 179 cm³/mol. The van der Waals surface area contributed by atoms with Crippen LogP contribution in [-0.2, 0) is 15.7 Å². The summed E-state index contributed by atoms with van der Waals surface area (Å²) in [5.74, 6) is 0.121. The highest BCUT2D eigenvalue weighted by Gasteiger charge is 2.34. The van der Waals surface area contributed by atoms with Crippen molar-refractivity contribution in [1.82, 2.24) is 34.8 Å². The highest BCUT2D eigenvalue weighted by molar-refractivity contribution is 5.91. The van der Waals surface area contributed by atoms with E-state index in [1.54, 1.807) is 32.5 Å². The Morgan fingerprint density at radius 1 is 1.10 bits per heavy atom. The number of carboxylic acids is 1. The van der Waals surface area contributed by atoms with Crippen LogP contribution in [-0.4, -0.2) is 112 Å². The molecule has 0 amide bonds. The highest BCUT2D eigenvalue weighted by atomic mass is 19.4. The second-order valence-corrected chi connectivity index (χ2v) is 13.0. The third kappa shape index (κ3) is 8.54. The Kier molecular flexibility index (Phi) is 10.6. The van der Waals surface area contributed by atoms with E-state index in [0.717, 1.165) is 6.07 Å². The molecule has 0 aromatic carbocycles. The number of piperazine rings is 1. The van der Waals surface area contributed by atoms with Crippen molar-refractivity contribution in [3.8, 4) is 28.7 Å². The Morgan fingerprint density at radius 2 is 1.88 bits per heavy atom. The Balaban J connectivity index is 1.50. The largest absolute Gasteiger partial charge is 0.481 e. The van der Waals surface area contributed by atoms with Gasteiger partial charge < -0.3 is 29.4 Å². The first-order chi connectivity index (χ1) is 23.2. The molecule has 0 unspecified atom stereocenters. The lowest BCUT2D eigenvalue weighted by atomic mass is 9.94. The standard InChI is InChI=1S/C33H42F3N9O4/c1-7-49-27-13-21(12-25(40-27)33(34,35)36)22-14-24(43(5)18-32(3,4)19-48-6)29-31(39-22)42-30(41-29)23-15-38-26(16-37-23)45-11-10-44(20(2)17-45)9-8-28(46)47/h12-16,20H,7-11,17-19H2,1-6H3,(H,46,47)(H,39,41,42)/t20-/m1/s1. The topological polar surface area (TPSA) is 146 Å². The smallest absolute Gasteiger partial charge is 0.433 e. The number of pyridine rings is 2. The minimum Gasteiger partial charge on any atom is -0.481 e. The normalized spacial score (nSPS) is 15.9. The molecule has 0 aliphatic carbocycles. The molecule has 4 aromatic rings. The fraction of sp³-hybridized carbons (Fsp3) is 0.515. The van der Waals surface area contributed by atoms with Gasteiger partial charge >= 0.3 is 12.1 Å². The number of methoxy groups -OCH3 is 1. The molecule has 2 N–H and O–H groups in total. The molecule has 4 aromatic heterocycles. The van der Waals surface area contributed by atoms with E-state index in [-0.39, 0.29) is 41.6 Å². The highest BCUT2D eigenvalue weighted by Crippen LogP contribution is 2.36. The number of anilines is 2. The molecule has 16 heteroatoms. The fourth-order valence-corrected chi connectivity index (χ4v) is 6.11. The molecule has 0 radical (unpaired) electrons. The lowest BCUT2D eigenvalue weighted by Crippen LogP contribution is -2.52. The summed E-state index contributed by atoms with van der Waals surface area (Å²) in [6, 6.07) is 4.27. The van der Waals surface area contributed by atoms with Gasteiger partial charge in [0.15, 0.2) is 11.5 Å². The maximum absolute atomic E-state index is 13.8. The summed E-state index contributed by atoms with van der Waals surface area (Å²) in [5.41, 5.74) is 1.12. The molecule has 1 fully saturated rings. The first-order valence-electron chi connectivity index (χ1n) is 16.0. The van der Waals surface area contributed by atoms with Crippen LogP contribution in [0.4, 0.5) is 24.7 Å². The number of carbonyl (C=O) groups is 1. The number of alkyl halides is 3. The molecule has 0 saturated carbocycles. The number of H-pyrrole nitrogens is 1. The molecule has 1 atom stereocenters. The molecule has 264 valence electrons. The van der Waals surface area contributed by atoms with Gasteiger partial charge in [0.25, 0.3) is 0 Å². The van der Waals surface area contributed by atoms with Crippen molar-refractivity contribution in [2.24, 2.45) is 5.41 Å². The zero-order valence-electron chi connectivity index (χ0n) is 28.5. The van der Waals surface area contributed by atoms with Crippen LogP contribution in [0.1, 0.15) is 39.8 Å². The number of ether oxygens (including phenoxy) is 2. The second-order valence-electron chi connectivity index (χ2n) is 13.0. The quantitative estimate of drug-likeness (QED) is 0.196. The van der Waals surface area contributed by atoms with Crippen molar-refractivity contribution in [1.29, 1.82) is 0 Å². The lowest BCUT2D eigenvalue weighted by Gasteiger charge is -2.40. The summed E-state index contributed by atoms with van der Waals surface area (Å²) < 4.78 is 52.3. The van der Waals surface area contributed by atoms with Crippen molar-refractivity contribution in [2.75, 3.05) is 69.9 Å². The monoisotopic (exact) mass is 685 g/mol. The van der Waals surface area contributed by atoms with Crippen LogP contribution in [0.2, 0.25) is 0 Å². The van der Waals surface area contributed by atoms with Crippen molar-refractivity contribution < 1.29 is 32.5 Å². The van der Waals surface area contributed by atoms with Crippen LogP contribution < -0.4 is 14.5 Å². The summed E-state index contributed by atoms with van der Waals surface area (Å²) in [7, 11) is 3.53. The number of hydrogen-bond acceptors (Lipinski definition) is 11. The first kappa shape index (κ1) is 35.7. The van der Waals surface area contributed by atoms with Gasteiger partial charge in [0, 0.05) is 70.0 Å². The number of nitrogens with zero attached hydrogens (tertiary/aromatic N) is 8. The van der Waals surface area contributed by atoms with Gasteiger partial charge in [-0.1, -0.05) is 13.8 Å². The van der Waals surface area contributed by atoms with Crippen LogP contribution in [0.5, 0.6) is 5.88 Å². The van der Waals surface area contributed by atoms with Crippen LogP contribution in [0.3, 0.4) is 0 Å². The van der Waals surface area contributed by atoms with Crippen LogP contribution in [0.15, 0.2) is 30.6 Å². The van der Waals surface area contributed by atoms with Crippen molar-refractivity contribution >= 4 is 28.6 Å². The number of fused-ring (bicyclic) bond motifs is 1. The zero-order valence-corrected chi connectivity index (χ0v) is 28.5. The number of carboxylic acid groups (broad SMARTS) is 1. The van der Waals surface area contributed by atoms with Gasteiger partial charge in [0.05, 0.1) is 43.4 Å². The van der Waals surface area contributed by atoms with Crippen molar-refractivity contribution in [2.45, 2.75) is 46.3 Å². The average molecular weight is 686 g/mol. The number of aromatic amines is 1. The van der Waals surface area contributed by atoms with Crippen molar-refractivity contribution in [3.63, 3.8) is 0 Å². The second kappa shape index (κ2) is 14.5. The zero-order chi connectivity index (χ0) is 35.5. The van der Waals surface area contributed by atoms with Crippen LogP contribution >= 0.6 is 0 Å². The molecule has 0 spiro atoms. The first-order valence-corrected chi connectivity index (χ1v) is 16.0. The fourth-order valence-electron chi connectivity index (χ4n) is 6.11. The van der Waals surface area contributed by atoms with Gasteiger partial charge in [-0.05, 0) is 26.0 Å². The number of hydrogen-bond donors (Lipinski definition) is 2. The van der Waals surface area contributed by atoms with E-state index in [9.17, 15) is 18.0 Å². The molecular formula is C33H42F3N9O4. The summed E-state index contributed by atoms with van der Waals surface area (Å²) >= 11 is 0. The third-order valence-corrected chi connectivity index (χ3v) is 8.32. The van der Waals surface area contributed by atoms with Gasteiger partial charge in [0.2, 0.25) is 5.88 Å². The van der Waals surface area contributed by atoms with Crippen LogP contribution in [0.25, 0.3) is 33.9 Å². The summed E-state index contributed by atoms with van der Waals surface area (Å²) in [5, 5.41) is 9.05. The third-order valence-electron chi connectivity index (χ3n) is 8.32. The van der Waals surface area contributed by atoms with Gasteiger partial charge in [-0.15, -0.1) is 0 Å². The van der Waals surface area contributed by atoms with E-state index < -0.39 is 17.8 Å². The molecule has 49 heavy (non-hydrogen) atoms. The lowest BCUT2D eigenvalue weighted by molar-refractivity contribution is -0.141. The Hall–Kier alpha value is -4.57. The van der Waals surface area contributed by atoms with E-state index in [2.05, 4.69) is 55.5 Å². The maximum Gasteiger partial charge on any atom is 0.433 e. The number of imidazole rings is 1. The van der Waals surface area contributed by atoms with Crippen molar-refractivity contribution in [3.05, 3.63) is 36.3 Å². The number of aromatic nitrogens is 6. The number of nitrogens with one attached hydrogen (secondary N) is 1. The Bertz CT molecular complexity index is 1760. The number of aliphatic carboxylic acids is 1. The van der Waals surface area contributed by atoms with E-state index in [1.807, 2.05) is 11.9 Å². The van der Waals surface area contributed by atoms with Gasteiger partial charge in [0.1, 0.15) is 22.7 Å². The average Bonchev–Trinajstić information content (AvgIpc) is 3.47. The maximum atomic E-state index is 13.8. The SMILES string of the molecule is CCOc1cc(-c2cc(N(C)CC(C)(C)COC)c3[nH]c(-c4cnc(N5CCN(CCC(=O)O)[C@H](C)C5)cn4)nc3n2)cc(C(F)(F)F)n1. The summed E-state index contributed by atoms with van der Waals surface area (Å²) in [4.78, 5) is 42.9. The Morgan fingerprint density at radius 3 is 2.51 bits per heavy atom. The Labute approximate surface area is 282 Å². The van der Waals surface area contributed by atoms with Gasteiger partial charge in [-0.3, -0.25) is 9.69 Å². The van der Waals surface area contributed by atoms with E-state index in [1.165, 1.54) is 6.07 Å². The van der Waals surface area contributed by atoms with E-state index >= 15 is 0 Å². The summed E-state index contributed by atoms with van der Waals surface area (Å²) in [6.07, 6.45) is -1.30. The molecule has 13 nitrogen and oxygen atoms in total. The molecule has 1 saturated heterocycles. The molecule has 5 heterocycles. The minimum absolute atomic E-state index is 0.0978. The molecule has 1 aliphatic heterocycles. The molecule has 0 bridgehead atoms. The molecular weight excluding hydrogens is 643 g/mol. The van der Waals surface area contributed by atoms with E-state index in [0.29, 0.717) is 73.5 Å². The van der Waals surface area contributed by atoms with Gasteiger partial charge in [-0.2, -0.15) is 13.2 Å². The summed E-state index contributed by atoms with van der Waals surface area (Å²) in [6.45, 7) is 11.6. The number of halogens is 3. The number of rotatable bonds is 13. The molecule has 1 aliphatic rings.